The number of anilines is 1. The van der Waals surface area contributed by atoms with Crippen LogP contribution in [0, 0.1) is 5.92 Å². The first-order valence-electron chi connectivity index (χ1n) is 15.2. The number of unbranched alkanes of at least 4 members (excludes halogenated alkanes) is 2. The van der Waals surface area contributed by atoms with Gasteiger partial charge in [-0.15, -0.1) is 0 Å². The van der Waals surface area contributed by atoms with E-state index in [1.807, 2.05) is 24.3 Å². The summed E-state index contributed by atoms with van der Waals surface area (Å²) in [5, 5.41) is 12.7. The van der Waals surface area contributed by atoms with Crippen molar-refractivity contribution in [2.45, 2.75) is 96.7 Å². The second kappa shape index (κ2) is 14.3. The summed E-state index contributed by atoms with van der Waals surface area (Å²) in [6.45, 7) is 5.25. The molecular weight excluding hydrogens is 530 g/mol. The normalized spacial score (nSPS) is 20.5. The van der Waals surface area contributed by atoms with E-state index in [0.717, 1.165) is 17.0 Å². The van der Waals surface area contributed by atoms with Crippen LogP contribution in [0.2, 0.25) is 0 Å². The van der Waals surface area contributed by atoms with E-state index in [1.54, 1.807) is 18.2 Å². The molecule has 2 aromatic rings. The first kappa shape index (κ1) is 31.1. The van der Waals surface area contributed by atoms with Gasteiger partial charge in [0.05, 0.1) is 0 Å². The lowest BCUT2D eigenvalue weighted by atomic mass is 9.77. The summed E-state index contributed by atoms with van der Waals surface area (Å²) in [5.74, 6) is -2.21. The van der Waals surface area contributed by atoms with Gasteiger partial charge in [0.2, 0.25) is 0 Å². The number of benzene rings is 2. The van der Waals surface area contributed by atoms with Crippen molar-refractivity contribution in [2.75, 3.05) is 5.32 Å². The van der Waals surface area contributed by atoms with Crippen LogP contribution in [0.25, 0.3) is 6.08 Å². The minimum atomic E-state index is -1.29. The molecule has 2 aromatic carbocycles. The summed E-state index contributed by atoms with van der Waals surface area (Å²) >= 11 is 0. The highest BCUT2D eigenvalue weighted by molar-refractivity contribution is 6.15. The number of hydrogen-bond acceptors (Lipinski definition) is 6. The summed E-state index contributed by atoms with van der Waals surface area (Å²) in [4.78, 5) is 36.2. The van der Waals surface area contributed by atoms with Crippen molar-refractivity contribution >= 4 is 29.7 Å². The standard InChI is InChI=1S/C35H43NO6/c1-4-5-6-7-24-8-15-27(16-9-24)28-17-11-26(12-18-28)22-29(32(37)38)19-10-25-13-20-30(21-14-25)36-23-31-33(39)41-35(2,3)42-34(31)40/h11-14,17-18,20-24,27,36H,4-10,15-16,19H2,1-3H3,(H,37,38)/b29-22+. The van der Waals surface area contributed by atoms with E-state index in [0.29, 0.717) is 30.0 Å². The molecule has 1 heterocycles. The molecule has 2 fully saturated rings. The van der Waals surface area contributed by atoms with Crippen LogP contribution >= 0.6 is 0 Å². The molecular formula is C35H43NO6. The molecule has 0 radical (unpaired) electrons. The third-order valence-electron chi connectivity index (χ3n) is 8.22. The van der Waals surface area contributed by atoms with E-state index in [1.165, 1.54) is 77.0 Å². The molecule has 1 aliphatic carbocycles. The SMILES string of the molecule is CCCCCC1CCC(c2ccc(/C=C(\CCc3ccc(NC=C4C(=O)OC(C)(C)OC4=O)cc3)C(=O)O)cc2)CC1. The smallest absolute Gasteiger partial charge is 0.350 e. The zero-order chi connectivity index (χ0) is 30.1. The second-order valence-electron chi connectivity index (χ2n) is 11.9. The summed E-state index contributed by atoms with van der Waals surface area (Å²) in [5.41, 5.74) is 4.05. The van der Waals surface area contributed by atoms with Crippen LogP contribution in [0.15, 0.2) is 65.9 Å². The van der Waals surface area contributed by atoms with Crippen molar-refractivity contribution in [3.8, 4) is 0 Å². The highest BCUT2D eigenvalue weighted by Gasteiger charge is 2.39. The molecule has 42 heavy (non-hydrogen) atoms. The molecule has 0 unspecified atom stereocenters. The lowest BCUT2D eigenvalue weighted by Gasteiger charge is -2.29. The van der Waals surface area contributed by atoms with E-state index in [4.69, 9.17) is 9.47 Å². The fourth-order valence-electron chi connectivity index (χ4n) is 5.75. The van der Waals surface area contributed by atoms with E-state index in [2.05, 4.69) is 24.4 Å². The number of carbonyl (C=O) groups is 3. The van der Waals surface area contributed by atoms with Gasteiger partial charge < -0.3 is 19.9 Å². The van der Waals surface area contributed by atoms with E-state index < -0.39 is 23.7 Å². The number of aliphatic carboxylic acids is 1. The Hall–Kier alpha value is -3.87. The van der Waals surface area contributed by atoms with Crippen molar-refractivity contribution in [3.63, 3.8) is 0 Å². The molecule has 224 valence electrons. The molecule has 2 N–H and O–H groups in total. The molecule has 1 saturated carbocycles. The highest BCUT2D eigenvalue weighted by Crippen LogP contribution is 2.38. The Labute approximate surface area is 249 Å². The molecule has 7 nitrogen and oxygen atoms in total. The number of nitrogens with one attached hydrogen (secondary N) is 1. The number of cyclic esters (lactones) is 2. The van der Waals surface area contributed by atoms with Crippen LogP contribution in [0.4, 0.5) is 5.69 Å². The van der Waals surface area contributed by atoms with Gasteiger partial charge in [-0.05, 0) is 85.3 Å². The number of ether oxygens (including phenoxy) is 2. The van der Waals surface area contributed by atoms with Crippen LogP contribution in [0.3, 0.4) is 0 Å². The predicted octanol–water partition coefficient (Wildman–Crippen LogP) is 7.77. The minimum Gasteiger partial charge on any atom is -0.478 e. The molecule has 2 aliphatic rings. The Morgan fingerprint density at radius 2 is 1.60 bits per heavy atom. The number of aryl methyl sites for hydroxylation is 1. The lowest BCUT2D eigenvalue weighted by Crippen LogP contribution is -2.42. The maximum Gasteiger partial charge on any atom is 0.350 e. The molecule has 1 saturated heterocycles. The van der Waals surface area contributed by atoms with Crippen molar-refractivity contribution in [3.05, 3.63) is 82.6 Å². The Bertz CT molecular complexity index is 1280. The molecule has 4 rings (SSSR count). The largest absolute Gasteiger partial charge is 0.478 e. The number of carboxylic acids is 1. The summed E-state index contributed by atoms with van der Waals surface area (Å²) in [6.07, 6.45) is 14.5. The number of carboxylic acid groups (broad SMARTS) is 1. The van der Waals surface area contributed by atoms with Gasteiger partial charge in [-0.3, -0.25) is 0 Å². The van der Waals surface area contributed by atoms with Crippen molar-refractivity contribution in [1.29, 1.82) is 0 Å². The van der Waals surface area contributed by atoms with Gasteiger partial charge >= 0.3 is 17.9 Å². The second-order valence-corrected chi connectivity index (χ2v) is 11.9. The zero-order valence-corrected chi connectivity index (χ0v) is 25.0. The summed E-state index contributed by atoms with van der Waals surface area (Å²) < 4.78 is 10.2. The van der Waals surface area contributed by atoms with Gasteiger partial charge in [-0.1, -0.05) is 69.0 Å². The Morgan fingerprint density at radius 3 is 2.19 bits per heavy atom. The van der Waals surface area contributed by atoms with Crippen LogP contribution in [-0.4, -0.2) is 28.8 Å². The quantitative estimate of drug-likeness (QED) is 0.116. The molecule has 0 amide bonds. The van der Waals surface area contributed by atoms with Crippen molar-refractivity contribution < 1.29 is 29.0 Å². The molecule has 0 bridgehead atoms. The maximum atomic E-state index is 12.1. The fraction of sp³-hybridized carbons (Fsp3) is 0.457. The number of carbonyl (C=O) groups excluding carboxylic acids is 2. The van der Waals surface area contributed by atoms with E-state index in [-0.39, 0.29) is 5.57 Å². The van der Waals surface area contributed by atoms with Gasteiger partial charge in [-0.25, -0.2) is 14.4 Å². The van der Waals surface area contributed by atoms with Gasteiger partial charge in [0.1, 0.15) is 0 Å². The molecule has 1 aliphatic heterocycles. The number of esters is 2. The van der Waals surface area contributed by atoms with Gasteiger partial charge in [0.25, 0.3) is 5.79 Å². The molecule has 0 spiro atoms. The number of rotatable bonds is 12. The first-order valence-corrected chi connectivity index (χ1v) is 15.2. The van der Waals surface area contributed by atoms with E-state index >= 15 is 0 Å². The Balaban J connectivity index is 1.29. The van der Waals surface area contributed by atoms with Crippen molar-refractivity contribution in [2.24, 2.45) is 5.92 Å². The lowest BCUT2D eigenvalue weighted by molar-refractivity contribution is -0.222. The Morgan fingerprint density at radius 1 is 0.952 bits per heavy atom. The Kier molecular flexibility index (Phi) is 10.6. The van der Waals surface area contributed by atoms with Crippen LogP contribution < -0.4 is 5.32 Å². The van der Waals surface area contributed by atoms with Crippen LogP contribution in [0.1, 0.15) is 101 Å². The van der Waals surface area contributed by atoms with Gasteiger partial charge in [0.15, 0.2) is 5.57 Å². The van der Waals surface area contributed by atoms with Gasteiger partial charge in [-0.2, -0.15) is 0 Å². The van der Waals surface area contributed by atoms with E-state index in [9.17, 15) is 19.5 Å². The van der Waals surface area contributed by atoms with Crippen LogP contribution in [-0.2, 0) is 30.3 Å². The topological polar surface area (TPSA) is 102 Å². The van der Waals surface area contributed by atoms with Crippen LogP contribution in [0.5, 0.6) is 0 Å². The molecule has 7 heteroatoms. The monoisotopic (exact) mass is 573 g/mol. The molecule has 0 aromatic heterocycles. The maximum absolute atomic E-state index is 12.1. The minimum absolute atomic E-state index is 0.215. The predicted molar refractivity (Wildman–Crippen MR) is 164 cm³/mol. The molecule has 0 atom stereocenters. The highest BCUT2D eigenvalue weighted by atomic mass is 16.7. The zero-order valence-electron chi connectivity index (χ0n) is 25.0. The summed E-state index contributed by atoms with van der Waals surface area (Å²) in [7, 11) is 0. The average Bonchev–Trinajstić information content (AvgIpc) is 2.95. The third kappa shape index (κ3) is 8.81. The third-order valence-corrected chi connectivity index (χ3v) is 8.22. The summed E-state index contributed by atoms with van der Waals surface area (Å²) in [6, 6.07) is 15.8. The van der Waals surface area contributed by atoms with Crippen molar-refractivity contribution in [1.82, 2.24) is 0 Å². The number of hydrogen-bond donors (Lipinski definition) is 2. The van der Waals surface area contributed by atoms with Gasteiger partial charge in [0, 0.05) is 31.3 Å². The fourth-order valence-corrected chi connectivity index (χ4v) is 5.75. The average molecular weight is 574 g/mol. The first-order chi connectivity index (χ1) is 20.1.